The zero-order valence-electron chi connectivity index (χ0n) is 19.7. The third-order valence-corrected chi connectivity index (χ3v) is 5.23. The molecule has 0 unspecified atom stereocenters. The quantitative estimate of drug-likeness (QED) is 0.360. The van der Waals surface area contributed by atoms with Gasteiger partial charge in [0.25, 0.3) is 5.91 Å². The van der Waals surface area contributed by atoms with Crippen molar-refractivity contribution in [3.05, 3.63) is 83.8 Å². The molecule has 10 nitrogen and oxygen atoms in total. The van der Waals surface area contributed by atoms with E-state index in [0.717, 1.165) is 11.3 Å². The van der Waals surface area contributed by atoms with Gasteiger partial charge >= 0.3 is 0 Å². The monoisotopic (exact) mass is 474 g/mol. The van der Waals surface area contributed by atoms with Crippen LogP contribution in [0.2, 0.25) is 0 Å². The summed E-state index contributed by atoms with van der Waals surface area (Å²) in [7, 11) is 4.78. The molecule has 1 amide bonds. The number of aromatic nitrogens is 4. The van der Waals surface area contributed by atoms with Gasteiger partial charge in [-0.05, 0) is 42.0 Å². The van der Waals surface area contributed by atoms with Crippen molar-refractivity contribution in [2.45, 2.75) is 13.1 Å². The van der Waals surface area contributed by atoms with Crippen LogP contribution >= 0.6 is 0 Å². The summed E-state index contributed by atoms with van der Waals surface area (Å²) in [5, 5.41) is 14.3. The minimum absolute atomic E-state index is 0.220. The molecule has 4 rings (SSSR count). The van der Waals surface area contributed by atoms with Crippen LogP contribution in [0.1, 0.15) is 21.6 Å². The summed E-state index contributed by atoms with van der Waals surface area (Å²) in [6.07, 6.45) is 3.41. The van der Waals surface area contributed by atoms with Gasteiger partial charge in [-0.2, -0.15) is 0 Å². The van der Waals surface area contributed by atoms with Gasteiger partial charge in [-0.3, -0.25) is 4.79 Å². The summed E-state index contributed by atoms with van der Waals surface area (Å²) in [4.78, 5) is 17.3. The Morgan fingerprint density at radius 1 is 0.971 bits per heavy atom. The number of anilines is 2. The van der Waals surface area contributed by atoms with Gasteiger partial charge < -0.3 is 24.8 Å². The lowest BCUT2D eigenvalue weighted by molar-refractivity contribution is 0.0951. The Labute approximate surface area is 202 Å². The number of benzene rings is 2. The number of hydrogen-bond donors (Lipinski definition) is 2. The van der Waals surface area contributed by atoms with E-state index in [0.29, 0.717) is 40.8 Å². The average molecular weight is 475 g/mol. The molecule has 0 bridgehead atoms. The van der Waals surface area contributed by atoms with E-state index in [2.05, 4.69) is 25.9 Å². The third-order valence-electron chi connectivity index (χ3n) is 5.23. The molecule has 2 heterocycles. The smallest absolute Gasteiger partial charge is 0.255 e. The number of hydrogen-bond acceptors (Lipinski definition) is 8. The average Bonchev–Trinajstić information content (AvgIpc) is 3.35. The molecule has 0 saturated carbocycles. The first-order valence-electron chi connectivity index (χ1n) is 10.8. The lowest BCUT2D eigenvalue weighted by Gasteiger charge is -2.14. The van der Waals surface area contributed by atoms with Crippen LogP contribution in [0.3, 0.4) is 0 Å². The molecule has 0 radical (unpaired) electrons. The Morgan fingerprint density at radius 2 is 1.74 bits per heavy atom. The highest BCUT2D eigenvalue weighted by Gasteiger charge is 2.15. The minimum atomic E-state index is -0.299. The summed E-state index contributed by atoms with van der Waals surface area (Å²) in [6, 6.07) is 16.5. The van der Waals surface area contributed by atoms with Crippen molar-refractivity contribution in [3.8, 4) is 17.2 Å². The Bertz CT molecular complexity index is 1290. The molecule has 0 fully saturated rings. The molecule has 180 valence electrons. The van der Waals surface area contributed by atoms with Crippen molar-refractivity contribution >= 4 is 17.4 Å². The standard InChI is InChI=1S/C25H26N6O4/c1-33-19-8-6-17(7-9-19)15-31-16-18(29-30-31)14-27-25(32)21-5-4-12-26-24(21)28-22-13-20(34-2)10-11-23(22)35-3/h4-13,16H,14-15H2,1-3H3,(H,26,28)(H,27,32). The van der Waals surface area contributed by atoms with Crippen molar-refractivity contribution in [1.82, 2.24) is 25.3 Å². The second-order valence-corrected chi connectivity index (χ2v) is 7.53. The van der Waals surface area contributed by atoms with Crippen LogP contribution in [-0.2, 0) is 13.1 Å². The number of carbonyl (C=O) groups excluding carboxylic acids is 1. The van der Waals surface area contributed by atoms with Crippen molar-refractivity contribution in [1.29, 1.82) is 0 Å². The van der Waals surface area contributed by atoms with Crippen molar-refractivity contribution < 1.29 is 19.0 Å². The highest BCUT2D eigenvalue weighted by molar-refractivity contribution is 5.99. The molecular weight excluding hydrogens is 448 g/mol. The third kappa shape index (κ3) is 5.85. The van der Waals surface area contributed by atoms with Crippen molar-refractivity contribution in [2.75, 3.05) is 26.6 Å². The highest BCUT2D eigenvalue weighted by atomic mass is 16.5. The maximum atomic E-state index is 13.0. The van der Waals surface area contributed by atoms with Crippen LogP contribution in [0.25, 0.3) is 0 Å². The molecule has 4 aromatic rings. The summed E-state index contributed by atoms with van der Waals surface area (Å²) in [6.45, 7) is 0.780. The topological polar surface area (TPSA) is 112 Å². The van der Waals surface area contributed by atoms with Gasteiger partial charge in [-0.15, -0.1) is 5.10 Å². The maximum Gasteiger partial charge on any atom is 0.255 e. The molecule has 10 heteroatoms. The summed E-state index contributed by atoms with van der Waals surface area (Å²) < 4.78 is 17.6. The van der Waals surface area contributed by atoms with Gasteiger partial charge in [0, 0.05) is 12.3 Å². The molecule has 0 spiro atoms. The molecule has 0 saturated heterocycles. The fourth-order valence-corrected chi connectivity index (χ4v) is 3.41. The minimum Gasteiger partial charge on any atom is -0.497 e. The van der Waals surface area contributed by atoms with Crippen LogP contribution < -0.4 is 24.8 Å². The number of rotatable bonds is 10. The SMILES string of the molecule is COc1ccc(Cn2cc(CNC(=O)c3cccnc3Nc3cc(OC)ccc3OC)nn2)cc1. The molecule has 0 aliphatic carbocycles. The van der Waals surface area contributed by atoms with Crippen LogP contribution in [0.15, 0.2) is 67.0 Å². The first-order chi connectivity index (χ1) is 17.1. The van der Waals surface area contributed by atoms with E-state index in [1.807, 2.05) is 24.3 Å². The zero-order chi connectivity index (χ0) is 24.6. The summed E-state index contributed by atoms with van der Waals surface area (Å²) >= 11 is 0. The van der Waals surface area contributed by atoms with E-state index in [-0.39, 0.29) is 12.5 Å². The first kappa shape index (κ1) is 23.6. The van der Waals surface area contributed by atoms with Crippen molar-refractivity contribution in [2.24, 2.45) is 0 Å². The maximum absolute atomic E-state index is 13.0. The number of pyridine rings is 1. The molecule has 0 aliphatic heterocycles. The number of methoxy groups -OCH3 is 3. The molecule has 0 atom stereocenters. The van der Waals surface area contributed by atoms with Gasteiger partial charge in [-0.25, -0.2) is 9.67 Å². The Morgan fingerprint density at radius 3 is 2.49 bits per heavy atom. The second-order valence-electron chi connectivity index (χ2n) is 7.53. The number of ether oxygens (including phenoxy) is 3. The van der Waals surface area contributed by atoms with Gasteiger partial charge in [0.2, 0.25) is 0 Å². The van der Waals surface area contributed by atoms with E-state index in [4.69, 9.17) is 14.2 Å². The highest BCUT2D eigenvalue weighted by Crippen LogP contribution is 2.31. The molecule has 2 aromatic carbocycles. The first-order valence-corrected chi connectivity index (χ1v) is 10.8. The van der Waals surface area contributed by atoms with E-state index < -0.39 is 0 Å². The van der Waals surface area contributed by atoms with Crippen LogP contribution in [0, 0.1) is 0 Å². The fourth-order valence-electron chi connectivity index (χ4n) is 3.41. The van der Waals surface area contributed by atoms with Gasteiger partial charge in [0.1, 0.15) is 28.8 Å². The number of nitrogens with one attached hydrogen (secondary N) is 2. The normalized spacial score (nSPS) is 10.5. The predicted molar refractivity (Wildman–Crippen MR) is 130 cm³/mol. The largest absolute Gasteiger partial charge is 0.497 e. The Hall–Kier alpha value is -4.60. The molecule has 2 aromatic heterocycles. The van der Waals surface area contributed by atoms with Gasteiger partial charge in [0.15, 0.2) is 0 Å². The Balaban J connectivity index is 1.41. The molecular formula is C25H26N6O4. The second kappa shape index (κ2) is 11.0. The van der Waals surface area contributed by atoms with E-state index in [1.165, 1.54) is 0 Å². The molecule has 2 N–H and O–H groups in total. The number of carbonyl (C=O) groups is 1. The van der Waals surface area contributed by atoms with Crippen LogP contribution in [0.4, 0.5) is 11.5 Å². The van der Waals surface area contributed by atoms with E-state index >= 15 is 0 Å². The van der Waals surface area contributed by atoms with Gasteiger partial charge in [-0.1, -0.05) is 17.3 Å². The van der Waals surface area contributed by atoms with Crippen molar-refractivity contribution in [3.63, 3.8) is 0 Å². The van der Waals surface area contributed by atoms with E-state index in [1.54, 1.807) is 68.7 Å². The number of nitrogens with zero attached hydrogens (tertiary/aromatic N) is 4. The van der Waals surface area contributed by atoms with Crippen LogP contribution in [-0.4, -0.2) is 47.2 Å². The van der Waals surface area contributed by atoms with Gasteiger partial charge in [0.05, 0.1) is 51.9 Å². The summed E-state index contributed by atoms with van der Waals surface area (Å²) in [5.74, 6) is 2.13. The van der Waals surface area contributed by atoms with E-state index in [9.17, 15) is 4.79 Å². The zero-order valence-corrected chi connectivity index (χ0v) is 19.7. The Kier molecular flexibility index (Phi) is 7.41. The predicted octanol–water partition coefficient (Wildman–Crippen LogP) is 3.42. The molecule has 35 heavy (non-hydrogen) atoms. The summed E-state index contributed by atoms with van der Waals surface area (Å²) in [5.41, 5.74) is 2.70. The van der Waals surface area contributed by atoms with Crippen LogP contribution in [0.5, 0.6) is 17.2 Å². The lowest BCUT2D eigenvalue weighted by atomic mass is 10.2. The number of amides is 1. The lowest BCUT2D eigenvalue weighted by Crippen LogP contribution is -2.24. The molecule has 0 aliphatic rings. The fraction of sp³-hybridized carbons (Fsp3) is 0.200.